The van der Waals surface area contributed by atoms with Crippen LogP contribution in [-0.2, 0) is 0 Å². The summed E-state index contributed by atoms with van der Waals surface area (Å²) in [6, 6.07) is 10.8. The minimum atomic E-state index is -1.16. The molecule has 27 heavy (non-hydrogen) atoms. The van der Waals surface area contributed by atoms with E-state index in [2.05, 4.69) is 74.4 Å². The van der Waals surface area contributed by atoms with Crippen molar-refractivity contribution in [1.29, 1.82) is 0 Å². The summed E-state index contributed by atoms with van der Waals surface area (Å²) in [6.45, 7) is 11.4. The zero-order valence-electron chi connectivity index (χ0n) is 17.3. The van der Waals surface area contributed by atoms with Crippen molar-refractivity contribution in [3.8, 4) is 0 Å². The summed E-state index contributed by atoms with van der Waals surface area (Å²) in [4.78, 5) is 0. The van der Waals surface area contributed by atoms with Gasteiger partial charge in [0.1, 0.15) is 5.67 Å². The summed E-state index contributed by atoms with van der Waals surface area (Å²) < 4.78 is 15.5. The van der Waals surface area contributed by atoms with Gasteiger partial charge in [0.05, 0.1) is 0 Å². The monoisotopic (exact) mass is 372 g/mol. The van der Waals surface area contributed by atoms with Crippen LogP contribution >= 0.6 is 0 Å². The van der Waals surface area contributed by atoms with Gasteiger partial charge in [-0.25, -0.2) is 4.39 Å². The van der Waals surface area contributed by atoms with Gasteiger partial charge in [-0.3, -0.25) is 0 Å². The molecule has 1 aromatic rings. The van der Waals surface area contributed by atoms with E-state index >= 15 is 4.39 Å². The van der Waals surface area contributed by atoms with E-state index < -0.39 is 5.67 Å². The fraction of sp³-hybridized carbons (Fsp3) is 0.583. The average molecular weight is 373 g/mol. The lowest BCUT2D eigenvalue weighted by Crippen LogP contribution is -2.40. The average Bonchev–Trinajstić information content (AvgIpc) is 3.37. The van der Waals surface area contributed by atoms with Crippen LogP contribution in [0.1, 0.15) is 58.4 Å². The number of hydrogen-bond acceptors (Lipinski definition) is 2. The molecule has 150 valence electrons. The molecule has 3 unspecified atom stereocenters. The van der Waals surface area contributed by atoms with Crippen molar-refractivity contribution < 1.29 is 4.39 Å². The van der Waals surface area contributed by atoms with Gasteiger partial charge in [0.2, 0.25) is 0 Å². The first kappa shape index (κ1) is 21.7. The van der Waals surface area contributed by atoms with Gasteiger partial charge in [-0.15, -0.1) is 0 Å². The molecule has 1 aliphatic rings. The van der Waals surface area contributed by atoms with Crippen LogP contribution in [0.5, 0.6) is 0 Å². The van der Waals surface area contributed by atoms with Crippen molar-refractivity contribution in [1.82, 2.24) is 10.6 Å². The first-order chi connectivity index (χ1) is 12.8. The van der Waals surface area contributed by atoms with E-state index in [0.29, 0.717) is 37.9 Å². The minimum Gasteiger partial charge on any atom is -0.391 e. The second kappa shape index (κ2) is 10.1. The predicted molar refractivity (Wildman–Crippen MR) is 115 cm³/mol. The van der Waals surface area contributed by atoms with E-state index in [1.54, 1.807) is 6.20 Å². The van der Waals surface area contributed by atoms with Crippen LogP contribution in [0.2, 0.25) is 0 Å². The molecular formula is C24H37FN2. The molecule has 0 spiro atoms. The molecule has 0 saturated heterocycles. The third-order valence-electron chi connectivity index (χ3n) is 5.27. The Morgan fingerprint density at radius 1 is 1.15 bits per heavy atom. The molecule has 0 heterocycles. The largest absolute Gasteiger partial charge is 0.391 e. The van der Waals surface area contributed by atoms with Crippen molar-refractivity contribution in [2.24, 2.45) is 11.3 Å². The third kappa shape index (κ3) is 8.75. The van der Waals surface area contributed by atoms with Crippen LogP contribution in [0.15, 0.2) is 49.2 Å². The van der Waals surface area contributed by atoms with E-state index in [4.69, 9.17) is 0 Å². The third-order valence-corrected chi connectivity index (χ3v) is 5.27. The minimum absolute atomic E-state index is 0.261. The molecule has 0 aliphatic heterocycles. The molecule has 0 amide bonds. The van der Waals surface area contributed by atoms with Gasteiger partial charge >= 0.3 is 0 Å². The first-order valence-corrected chi connectivity index (χ1v) is 10.3. The molecule has 1 saturated carbocycles. The SMILES string of the molecule is C=CNCCC(F)(CCCC(C)(C)C)CNC1CC1/C=C/c1ccccc1. The predicted octanol–water partition coefficient (Wildman–Crippen LogP) is 5.73. The molecule has 1 aromatic carbocycles. The highest BCUT2D eigenvalue weighted by Gasteiger charge is 2.37. The van der Waals surface area contributed by atoms with E-state index in [1.165, 1.54) is 5.56 Å². The topological polar surface area (TPSA) is 24.1 Å². The second-order valence-electron chi connectivity index (χ2n) is 9.13. The standard InChI is InChI=1S/C24H37FN2/c1-5-26-17-16-24(25,15-9-14-23(2,3)4)19-27-22-18-21(22)13-12-20-10-7-6-8-11-20/h5-8,10-13,21-22,26-27H,1,9,14-19H2,2-4H3/b13-12+. The second-order valence-corrected chi connectivity index (χ2v) is 9.13. The van der Waals surface area contributed by atoms with Crippen molar-refractivity contribution in [2.75, 3.05) is 13.1 Å². The Kier molecular flexibility index (Phi) is 8.09. The Labute approximate surface area is 165 Å². The summed E-state index contributed by atoms with van der Waals surface area (Å²) in [6.07, 6.45) is 10.3. The van der Waals surface area contributed by atoms with Crippen LogP contribution in [0.4, 0.5) is 4.39 Å². The van der Waals surface area contributed by atoms with Crippen molar-refractivity contribution in [2.45, 2.75) is 64.6 Å². The lowest BCUT2D eigenvalue weighted by atomic mass is 9.86. The van der Waals surface area contributed by atoms with Gasteiger partial charge in [0.25, 0.3) is 0 Å². The molecule has 2 nitrogen and oxygen atoms in total. The Bertz CT molecular complexity index is 590. The van der Waals surface area contributed by atoms with Crippen LogP contribution < -0.4 is 10.6 Å². The van der Waals surface area contributed by atoms with Crippen molar-refractivity contribution >= 4 is 6.08 Å². The van der Waals surface area contributed by atoms with Gasteiger partial charge in [-0.2, -0.15) is 0 Å². The Morgan fingerprint density at radius 2 is 1.89 bits per heavy atom. The highest BCUT2D eigenvalue weighted by atomic mass is 19.1. The molecule has 2 N–H and O–H groups in total. The van der Waals surface area contributed by atoms with E-state index in [0.717, 1.165) is 19.3 Å². The van der Waals surface area contributed by atoms with E-state index in [1.807, 2.05) is 6.07 Å². The Hall–Kier alpha value is -1.61. The lowest BCUT2D eigenvalue weighted by molar-refractivity contribution is 0.124. The zero-order valence-corrected chi connectivity index (χ0v) is 17.3. The summed E-state index contributed by atoms with van der Waals surface area (Å²) in [5.41, 5.74) is 0.329. The summed E-state index contributed by atoms with van der Waals surface area (Å²) in [5, 5.41) is 6.52. The van der Waals surface area contributed by atoms with Gasteiger partial charge in [0, 0.05) is 19.1 Å². The van der Waals surface area contributed by atoms with Gasteiger partial charge in [-0.05, 0) is 55.2 Å². The molecular weight excluding hydrogens is 335 g/mol. The van der Waals surface area contributed by atoms with Gasteiger partial charge in [0.15, 0.2) is 0 Å². The molecule has 0 aromatic heterocycles. The van der Waals surface area contributed by atoms with E-state index in [-0.39, 0.29) is 5.41 Å². The van der Waals surface area contributed by atoms with Gasteiger partial charge in [-0.1, -0.05) is 69.8 Å². The molecule has 2 rings (SSSR count). The molecule has 3 atom stereocenters. The molecule has 0 radical (unpaired) electrons. The molecule has 0 bridgehead atoms. The van der Waals surface area contributed by atoms with Gasteiger partial charge < -0.3 is 10.6 Å². The van der Waals surface area contributed by atoms with Crippen molar-refractivity contribution in [3.05, 3.63) is 54.8 Å². The van der Waals surface area contributed by atoms with Crippen LogP contribution in [-0.4, -0.2) is 24.8 Å². The number of halogens is 1. The fourth-order valence-electron chi connectivity index (χ4n) is 3.41. The maximum absolute atomic E-state index is 15.5. The summed E-state index contributed by atoms with van der Waals surface area (Å²) >= 11 is 0. The lowest BCUT2D eigenvalue weighted by Gasteiger charge is -2.28. The molecule has 1 aliphatic carbocycles. The zero-order chi connectivity index (χ0) is 19.8. The van der Waals surface area contributed by atoms with E-state index in [9.17, 15) is 0 Å². The van der Waals surface area contributed by atoms with Crippen molar-refractivity contribution in [3.63, 3.8) is 0 Å². The van der Waals surface area contributed by atoms with Crippen LogP contribution in [0.3, 0.4) is 0 Å². The van der Waals surface area contributed by atoms with Crippen LogP contribution in [0, 0.1) is 11.3 Å². The smallest absolute Gasteiger partial charge is 0.125 e. The molecule has 1 fully saturated rings. The highest BCUT2D eigenvalue weighted by Crippen LogP contribution is 2.34. The maximum Gasteiger partial charge on any atom is 0.125 e. The Balaban J connectivity index is 1.79. The first-order valence-electron chi connectivity index (χ1n) is 10.3. The Morgan fingerprint density at radius 3 is 2.56 bits per heavy atom. The quantitative estimate of drug-likeness (QED) is 0.458. The summed E-state index contributed by atoms with van der Waals surface area (Å²) in [5.74, 6) is 0.523. The van der Waals surface area contributed by atoms with Crippen LogP contribution in [0.25, 0.3) is 6.08 Å². The number of rotatable bonds is 12. The molecule has 3 heteroatoms. The maximum atomic E-state index is 15.5. The number of benzene rings is 1. The summed E-state index contributed by atoms with van der Waals surface area (Å²) in [7, 11) is 0. The highest BCUT2D eigenvalue weighted by molar-refractivity contribution is 5.49. The number of alkyl halides is 1. The number of hydrogen-bond donors (Lipinski definition) is 2. The fourth-order valence-corrected chi connectivity index (χ4v) is 3.41. The normalized spacial score (nSPS) is 21.8. The number of nitrogens with one attached hydrogen (secondary N) is 2.